The molecule has 4 heterocycles. The van der Waals surface area contributed by atoms with Gasteiger partial charge in [-0.2, -0.15) is 0 Å². The lowest BCUT2D eigenvalue weighted by Gasteiger charge is -2.31. The highest BCUT2D eigenvalue weighted by molar-refractivity contribution is 7.45. The molecule has 0 unspecified atom stereocenters. The van der Waals surface area contributed by atoms with E-state index in [4.69, 9.17) is 23.8 Å². The van der Waals surface area contributed by atoms with E-state index in [1.54, 1.807) is 10.6 Å². The van der Waals surface area contributed by atoms with Crippen LogP contribution in [0.4, 0.5) is 4.39 Å². The van der Waals surface area contributed by atoms with Gasteiger partial charge in [-0.25, -0.2) is 13.9 Å². The first-order valence-corrected chi connectivity index (χ1v) is 13.4. The van der Waals surface area contributed by atoms with Crippen molar-refractivity contribution in [1.82, 2.24) is 19.6 Å². The zero-order chi connectivity index (χ0) is 26.0. The highest BCUT2D eigenvalue weighted by Gasteiger charge is 2.27. The minimum absolute atomic E-state index is 0.00237. The summed E-state index contributed by atoms with van der Waals surface area (Å²) in [4.78, 5) is 41.4. The normalized spacial score (nSPS) is 19.1. The first-order chi connectivity index (χ1) is 17.0. The van der Waals surface area contributed by atoms with Crippen LogP contribution in [-0.2, 0) is 17.5 Å². The number of aryl methyl sites for hydroxylation is 1. The number of piperidine rings is 1. The molecule has 0 radical (unpaired) electrons. The number of rotatable bonds is 4. The van der Waals surface area contributed by atoms with Crippen LogP contribution in [0.2, 0.25) is 0 Å². The van der Waals surface area contributed by atoms with Gasteiger partial charge in [0.1, 0.15) is 17.7 Å². The van der Waals surface area contributed by atoms with Gasteiger partial charge in [0.15, 0.2) is 5.58 Å². The summed E-state index contributed by atoms with van der Waals surface area (Å²) in [5.74, 6) is 0.489. The molecule has 1 fully saturated rings. The monoisotopic (exact) mass is 524 g/mol. The van der Waals surface area contributed by atoms with Crippen molar-refractivity contribution in [2.45, 2.75) is 57.6 Å². The van der Waals surface area contributed by atoms with Crippen molar-refractivity contribution in [2.75, 3.05) is 19.6 Å². The fourth-order valence-electron chi connectivity index (χ4n) is 4.98. The number of aromatic nitrogens is 3. The minimum Gasteiger partial charge on any atom is -0.385 e. The van der Waals surface area contributed by atoms with Crippen LogP contribution in [0.15, 0.2) is 27.5 Å². The van der Waals surface area contributed by atoms with E-state index in [1.807, 2.05) is 6.92 Å². The Labute approximate surface area is 206 Å². The van der Waals surface area contributed by atoms with Gasteiger partial charge in [-0.3, -0.25) is 9.36 Å². The molecule has 4 N–H and O–H groups in total. The molecule has 0 amide bonds. The Hall–Kier alpha value is -2.47. The number of phosphoric acid groups is 1. The van der Waals surface area contributed by atoms with E-state index in [1.165, 1.54) is 12.1 Å². The van der Waals surface area contributed by atoms with Crippen LogP contribution in [0.1, 0.15) is 60.5 Å². The molecule has 0 bridgehead atoms. The van der Waals surface area contributed by atoms with Gasteiger partial charge in [0.25, 0.3) is 5.56 Å². The quantitative estimate of drug-likeness (QED) is 0.372. The minimum atomic E-state index is -4.64. The summed E-state index contributed by atoms with van der Waals surface area (Å²) in [5, 5.41) is 15.3. The molecule has 0 saturated carbocycles. The maximum absolute atomic E-state index is 13.4. The topological polar surface area (TPSA) is 162 Å². The maximum Gasteiger partial charge on any atom is 0.466 e. The second-order valence-electron chi connectivity index (χ2n) is 9.24. The number of nitrogens with zero attached hydrogens (tertiary/aromatic N) is 4. The van der Waals surface area contributed by atoms with Crippen LogP contribution in [0.5, 0.6) is 0 Å². The summed E-state index contributed by atoms with van der Waals surface area (Å²) in [6.45, 7) is 5.13. The average Bonchev–Trinajstić information content (AvgIpc) is 3.22. The van der Waals surface area contributed by atoms with Gasteiger partial charge in [-0.15, -0.1) is 0 Å². The fourth-order valence-corrected chi connectivity index (χ4v) is 4.98. The van der Waals surface area contributed by atoms with Gasteiger partial charge in [0.05, 0.1) is 5.69 Å². The van der Waals surface area contributed by atoms with Gasteiger partial charge in [0, 0.05) is 41.7 Å². The average molecular weight is 524 g/mol. The van der Waals surface area contributed by atoms with Crippen molar-refractivity contribution >= 4 is 18.8 Å². The molecule has 2 aliphatic rings. The molecule has 11 nitrogen and oxygen atoms in total. The first-order valence-electron chi connectivity index (χ1n) is 11.8. The van der Waals surface area contributed by atoms with Crippen LogP contribution in [0, 0.1) is 12.7 Å². The van der Waals surface area contributed by atoms with Crippen molar-refractivity contribution in [3.63, 3.8) is 0 Å². The molecule has 1 atom stereocenters. The molecule has 2 aliphatic heterocycles. The van der Waals surface area contributed by atoms with Crippen molar-refractivity contribution in [1.29, 1.82) is 0 Å². The van der Waals surface area contributed by atoms with Crippen molar-refractivity contribution in [2.24, 2.45) is 0 Å². The summed E-state index contributed by atoms with van der Waals surface area (Å²) in [7, 11) is -4.64. The second kappa shape index (κ2) is 10.9. The number of benzene rings is 1. The molecule has 13 heteroatoms. The van der Waals surface area contributed by atoms with Crippen LogP contribution >= 0.6 is 7.82 Å². The molecule has 0 spiro atoms. The Balaban J connectivity index is 0.000000556. The predicted molar refractivity (Wildman–Crippen MR) is 128 cm³/mol. The summed E-state index contributed by atoms with van der Waals surface area (Å²) < 4.78 is 29.3. The smallest absolute Gasteiger partial charge is 0.385 e. The lowest BCUT2D eigenvalue weighted by Crippen LogP contribution is -2.37. The Morgan fingerprint density at radius 1 is 1.17 bits per heavy atom. The van der Waals surface area contributed by atoms with E-state index < -0.39 is 13.9 Å². The zero-order valence-corrected chi connectivity index (χ0v) is 20.8. The molecule has 2 aromatic heterocycles. The van der Waals surface area contributed by atoms with Crippen molar-refractivity contribution in [3.8, 4) is 0 Å². The highest BCUT2D eigenvalue weighted by Crippen LogP contribution is 2.33. The zero-order valence-electron chi connectivity index (χ0n) is 19.9. The Bertz CT molecular complexity index is 1320. The van der Waals surface area contributed by atoms with E-state index in [9.17, 15) is 14.3 Å². The summed E-state index contributed by atoms with van der Waals surface area (Å²) >= 11 is 0. The summed E-state index contributed by atoms with van der Waals surface area (Å²) in [6.07, 6.45) is 3.38. The first kappa shape index (κ1) is 26.6. The van der Waals surface area contributed by atoms with E-state index in [2.05, 4.69) is 15.0 Å². The highest BCUT2D eigenvalue weighted by atomic mass is 31.2. The largest absolute Gasteiger partial charge is 0.466 e. The number of fused-ring (bicyclic) bond motifs is 2. The standard InChI is InChI=1S/C23H27FN4O3.H3O4P/c1-14-17(23(30)28-9-2-3-19(29)22(28)25-14)8-12-27-10-6-15(7-11-27)21-18-5-4-16(24)13-20(18)31-26-21;1-5(2,3)4/h4-5,13,15,19,29H,2-3,6-12H2,1H3;(H3,1,2,3,4)/t19-;/m1./s1. The number of aliphatic hydroxyl groups excluding tert-OH is 1. The van der Waals surface area contributed by atoms with Crippen LogP contribution in [-0.4, -0.2) is 59.0 Å². The van der Waals surface area contributed by atoms with Gasteiger partial charge >= 0.3 is 7.82 Å². The molecule has 196 valence electrons. The lowest BCUT2D eigenvalue weighted by atomic mass is 9.91. The Morgan fingerprint density at radius 2 is 1.86 bits per heavy atom. The fraction of sp³-hybridized carbons (Fsp3) is 0.522. The third-order valence-corrected chi connectivity index (χ3v) is 6.77. The molecular weight excluding hydrogens is 494 g/mol. The predicted octanol–water partition coefficient (Wildman–Crippen LogP) is 2.15. The number of likely N-dealkylation sites (tertiary alicyclic amines) is 1. The number of hydrogen-bond donors (Lipinski definition) is 4. The second-order valence-corrected chi connectivity index (χ2v) is 10.3. The molecule has 1 aromatic carbocycles. The molecule has 5 rings (SSSR count). The third kappa shape index (κ3) is 6.26. The van der Waals surface area contributed by atoms with Crippen LogP contribution in [0.25, 0.3) is 11.0 Å². The Kier molecular flexibility index (Phi) is 8.03. The van der Waals surface area contributed by atoms with Gasteiger partial charge < -0.3 is 29.2 Å². The molecule has 36 heavy (non-hydrogen) atoms. The molecular formula is C23H30FN4O7P. The third-order valence-electron chi connectivity index (χ3n) is 6.77. The van der Waals surface area contributed by atoms with Crippen molar-refractivity contribution < 1.29 is 33.3 Å². The molecule has 1 saturated heterocycles. The van der Waals surface area contributed by atoms with Crippen molar-refractivity contribution in [3.05, 3.63) is 57.1 Å². The van der Waals surface area contributed by atoms with E-state index in [0.29, 0.717) is 36.7 Å². The summed E-state index contributed by atoms with van der Waals surface area (Å²) in [6, 6.07) is 4.58. The maximum atomic E-state index is 13.4. The lowest BCUT2D eigenvalue weighted by molar-refractivity contribution is 0.129. The van der Waals surface area contributed by atoms with Crippen LogP contribution in [0.3, 0.4) is 0 Å². The van der Waals surface area contributed by atoms with Gasteiger partial charge in [-0.1, -0.05) is 5.16 Å². The Morgan fingerprint density at radius 3 is 2.56 bits per heavy atom. The number of hydrogen-bond acceptors (Lipinski definition) is 7. The van der Waals surface area contributed by atoms with Crippen LogP contribution < -0.4 is 5.56 Å². The van der Waals surface area contributed by atoms with E-state index in [-0.39, 0.29) is 11.4 Å². The van der Waals surface area contributed by atoms with E-state index in [0.717, 1.165) is 61.2 Å². The van der Waals surface area contributed by atoms with Gasteiger partial charge in [0.2, 0.25) is 0 Å². The number of halogens is 1. The molecule has 3 aromatic rings. The van der Waals surface area contributed by atoms with Gasteiger partial charge in [-0.05, 0) is 64.3 Å². The number of aliphatic hydroxyl groups is 1. The SMILES string of the molecule is Cc1nc2n(c(=O)c1CCN1CCC(c3noc4cc(F)ccc34)CC1)CCC[C@H]2O.O=P(O)(O)O. The van der Waals surface area contributed by atoms with E-state index >= 15 is 0 Å². The summed E-state index contributed by atoms with van der Waals surface area (Å²) in [5.41, 5.74) is 2.90. The molecule has 0 aliphatic carbocycles.